The zero-order valence-electron chi connectivity index (χ0n) is 12.4. The molecule has 0 radical (unpaired) electrons. The molecule has 2 aliphatic heterocycles. The summed E-state index contributed by atoms with van der Waals surface area (Å²) >= 11 is 0. The topological polar surface area (TPSA) is 70.0 Å². The monoisotopic (exact) mass is 293 g/mol. The summed E-state index contributed by atoms with van der Waals surface area (Å²) in [4.78, 5) is 19.1. The molecule has 0 aromatic carbocycles. The zero-order chi connectivity index (χ0) is 14.6. The van der Waals surface area contributed by atoms with Crippen molar-refractivity contribution in [2.45, 2.75) is 63.4 Å². The van der Waals surface area contributed by atoms with Crippen molar-refractivity contribution in [3.8, 4) is 0 Å². The summed E-state index contributed by atoms with van der Waals surface area (Å²) in [5, 5.41) is 23.7. The van der Waals surface area contributed by atoms with Gasteiger partial charge in [0.1, 0.15) is 5.78 Å². The van der Waals surface area contributed by atoms with Crippen molar-refractivity contribution in [1.82, 2.24) is 5.06 Å². The van der Waals surface area contributed by atoms with E-state index in [1.165, 1.54) is 0 Å². The predicted molar refractivity (Wildman–Crippen MR) is 73.0 cm³/mol. The van der Waals surface area contributed by atoms with Gasteiger partial charge >= 0.3 is 0 Å². The number of hydrogen-bond donors (Lipinski definition) is 2. The first-order valence-corrected chi connectivity index (χ1v) is 8.36. The van der Waals surface area contributed by atoms with Gasteiger partial charge in [0.25, 0.3) is 0 Å². The number of carbonyl (C=O) groups excluding carboxylic acids is 1. The fraction of sp³-hybridized carbons (Fsp3) is 0.938. The van der Waals surface area contributed by atoms with Gasteiger partial charge in [-0.05, 0) is 31.6 Å². The van der Waals surface area contributed by atoms with Crippen LogP contribution < -0.4 is 0 Å². The minimum atomic E-state index is -0.820. The van der Waals surface area contributed by atoms with E-state index in [1.54, 1.807) is 0 Å². The maximum absolute atomic E-state index is 13.1. The Morgan fingerprint density at radius 1 is 1.33 bits per heavy atom. The van der Waals surface area contributed by atoms with Gasteiger partial charge in [-0.2, -0.15) is 5.06 Å². The Morgan fingerprint density at radius 3 is 2.95 bits per heavy atom. The minimum absolute atomic E-state index is 0.0853. The molecule has 0 aromatic rings. The Hall–Kier alpha value is -0.490. The zero-order valence-corrected chi connectivity index (χ0v) is 12.4. The van der Waals surface area contributed by atoms with Crippen molar-refractivity contribution in [3.05, 3.63) is 0 Å². The number of aliphatic hydroxyl groups excluding tert-OH is 2. The highest BCUT2D eigenvalue weighted by molar-refractivity contribution is 5.89. The van der Waals surface area contributed by atoms with Crippen molar-refractivity contribution >= 4 is 5.78 Å². The molecule has 5 fully saturated rings. The van der Waals surface area contributed by atoms with Crippen molar-refractivity contribution in [3.63, 3.8) is 0 Å². The molecule has 21 heavy (non-hydrogen) atoms. The highest BCUT2D eigenvalue weighted by Gasteiger charge is 2.83. The van der Waals surface area contributed by atoms with Gasteiger partial charge in [0.2, 0.25) is 0 Å². The van der Waals surface area contributed by atoms with E-state index >= 15 is 0 Å². The second-order valence-electron chi connectivity index (χ2n) is 7.99. The van der Waals surface area contributed by atoms with E-state index in [1.807, 2.05) is 5.06 Å². The molecule has 2 N–H and O–H groups in total. The Balaban J connectivity index is 1.73. The second kappa shape index (κ2) is 3.70. The quantitative estimate of drug-likeness (QED) is 0.680. The van der Waals surface area contributed by atoms with E-state index in [0.29, 0.717) is 12.3 Å². The van der Waals surface area contributed by atoms with Gasteiger partial charge < -0.3 is 10.2 Å². The molecule has 5 heteroatoms. The molecule has 116 valence electrons. The summed E-state index contributed by atoms with van der Waals surface area (Å²) in [6.07, 6.45) is 2.37. The first-order valence-electron chi connectivity index (χ1n) is 8.36. The van der Waals surface area contributed by atoms with E-state index in [9.17, 15) is 15.0 Å². The summed E-state index contributed by atoms with van der Waals surface area (Å²) in [6, 6.07) is 0.114. The minimum Gasteiger partial charge on any atom is -0.390 e. The summed E-state index contributed by atoms with van der Waals surface area (Å²) in [6.45, 7) is 2.98. The Kier molecular flexibility index (Phi) is 2.29. The fourth-order valence-electron chi connectivity index (χ4n) is 6.97. The van der Waals surface area contributed by atoms with Gasteiger partial charge in [-0.15, -0.1) is 0 Å². The van der Waals surface area contributed by atoms with Crippen molar-refractivity contribution in [1.29, 1.82) is 0 Å². The first-order chi connectivity index (χ1) is 10.0. The number of aliphatic hydroxyl groups is 2. The maximum Gasteiger partial charge on any atom is 0.140 e. The van der Waals surface area contributed by atoms with Crippen LogP contribution in [-0.2, 0) is 9.63 Å². The molecule has 2 heterocycles. The second-order valence-corrected chi connectivity index (χ2v) is 7.99. The smallest absolute Gasteiger partial charge is 0.140 e. The van der Waals surface area contributed by atoms with Crippen LogP contribution in [0.4, 0.5) is 0 Å². The van der Waals surface area contributed by atoms with E-state index in [2.05, 4.69) is 6.92 Å². The third-order valence-corrected chi connectivity index (χ3v) is 7.44. The number of piperidine rings is 1. The number of ketones is 1. The molecule has 3 saturated carbocycles. The SMILES string of the molecule is C[C@@H]1CC(=O)[C@]23CC[C@@H]4N5CC[C@@H](O5)[C@]42[C@H](O)[C@H](O)[C@@H]3C1. The Bertz CT molecular complexity index is 524. The molecule has 2 bridgehead atoms. The number of nitrogens with zero attached hydrogens (tertiary/aromatic N) is 1. The van der Waals surface area contributed by atoms with E-state index in [-0.39, 0.29) is 23.8 Å². The average molecular weight is 293 g/mol. The Morgan fingerprint density at radius 2 is 2.14 bits per heavy atom. The average Bonchev–Trinajstić information content (AvgIpc) is 3.14. The van der Waals surface area contributed by atoms with Crippen molar-refractivity contribution < 1.29 is 19.8 Å². The largest absolute Gasteiger partial charge is 0.390 e. The molecule has 0 amide bonds. The number of hydrogen-bond acceptors (Lipinski definition) is 5. The fourth-order valence-corrected chi connectivity index (χ4v) is 6.97. The molecule has 1 unspecified atom stereocenters. The van der Waals surface area contributed by atoms with Crippen LogP contribution in [0.15, 0.2) is 0 Å². The number of hydroxylamine groups is 2. The van der Waals surface area contributed by atoms with Crippen LogP contribution in [0.1, 0.15) is 39.0 Å². The predicted octanol–water partition coefficient (Wildman–Crippen LogP) is 0.492. The van der Waals surface area contributed by atoms with Gasteiger partial charge in [0.15, 0.2) is 0 Å². The molecule has 5 rings (SSSR count). The molecular weight excluding hydrogens is 270 g/mol. The van der Waals surface area contributed by atoms with Gasteiger partial charge in [0, 0.05) is 30.3 Å². The summed E-state index contributed by atoms with van der Waals surface area (Å²) in [7, 11) is 0. The van der Waals surface area contributed by atoms with Crippen LogP contribution >= 0.6 is 0 Å². The van der Waals surface area contributed by atoms with E-state index in [0.717, 1.165) is 32.2 Å². The highest BCUT2D eigenvalue weighted by Crippen LogP contribution is 2.74. The van der Waals surface area contributed by atoms with Gasteiger partial charge in [-0.1, -0.05) is 6.92 Å². The lowest BCUT2D eigenvalue weighted by molar-refractivity contribution is -0.152. The third kappa shape index (κ3) is 1.11. The lowest BCUT2D eigenvalue weighted by Crippen LogP contribution is -2.59. The molecule has 2 saturated heterocycles. The van der Waals surface area contributed by atoms with Crippen molar-refractivity contribution in [2.75, 3.05) is 6.54 Å². The molecule has 2 spiro atoms. The van der Waals surface area contributed by atoms with Gasteiger partial charge in [-0.25, -0.2) is 0 Å². The van der Waals surface area contributed by atoms with Gasteiger partial charge in [-0.3, -0.25) is 9.63 Å². The standard InChI is InChI=1S/C16H23NO4/c1-8-6-9-13(19)14(20)16-10(17-5-3-12(16)21-17)2-4-15(9,16)11(18)7-8/h8-10,12-14,19-20H,2-7H2,1H3/t8-,9-,10-,12+,13+,14+,15+,16-/m0/s1. The summed E-state index contributed by atoms with van der Waals surface area (Å²) < 4.78 is 0. The van der Waals surface area contributed by atoms with E-state index in [4.69, 9.17) is 4.84 Å². The normalized spacial score (nSPS) is 64.5. The maximum atomic E-state index is 13.1. The lowest BCUT2D eigenvalue weighted by Gasteiger charge is -2.49. The number of carbonyl (C=O) groups is 1. The van der Waals surface area contributed by atoms with Crippen LogP contribution in [-0.4, -0.2) is 52.0 Å². The lowest BCUT2D eigenvalue weighted by atomic mass is 9.53. The van der Waals surface area contributed by atoms with Crippen LogP contribution in [0.5, 0.6) is 0 Å². The Labute approximate surface area is 124 Å². The first kappa shape index (κ1) is 13.0. The number of fused-ring (bicyclic) bond motifs is 3. The molecule has 9 atom stereocenters. The number of Topliss-reactive ketones (excluding diaryl/α,β-unsaturated/α-hetero) is 1. The van der Waals surface area contributed by atoms with Crippen molar-refractivity contribution in [2.24, 2.45) is 22.7 Å². The molecule has 3 aliphatic carbocycles. The molecule has 5 nitrogen and oxygen atoms in total. The number of rotatable bonds is 0. The summed E-state index contributed by atoms with van der Waals surface area (Å²) in [5.41, 5.74) is -1.09. The van der Waals surface area contributed by atoms with Crippen LogP contribution in [0.25, 0.3) is 0 Å². The van der Waals surface area contributed by atoms with E-state index < -0.39 is 23.0 Å². The van der Waals surface area contributed by atoms with Crippen LogP contribution in [0, 0.1) is 22.7 Å². The highest BCUT2D eigenvalue weighted by atomic mass is 16.7. The van der Waals surface area contributed by atoms with Gasteiger partial charge in [0.05, 0.1) is 23.7 Å². The van der Waals surface area contributed by atoms with Crippen LogP contribution in [0.3, 0.4) is 0 Å². The molecule has 0 aromatic heterocycles. The molecule has 5 aliphatic rings. The van der Waals surface area contributed by atoms with Crippen LogP contribution in [0.2, 0.25) is 0 Å². The third-order valence-electron chi connectivity index (χ3n) is 7.44. The summed E-state index contributed by atoms with van der Waals surface area (Å²) in [5.74, 6) is 0.503. The molecular formula is C16H23NO4.